The lowest BCUT2D eigenvalue weighted by atomic mass is 10.0. The average Bonchev–Trinajstić information content (AvgIpc) is 2.97. The third kappa shape index (κ3) is 9.36. The predicted octanol–water partition coefficient (Wildman–Crippen LogP) is 5.69. The average molecular weight is 654 g/mol. The van der Waals surface area contributed by atoms with Gasteiger partial charge in [-0.25, -0.2) is 8.42 Å². The first-order chi connectivity index (χ1) is 20.6. The van der Waals surface area contributed by atoms with E-state index >= 15 is 0 Å². The van der Waals surface area contributed by atoms with E-state index in [0.29, 0.717) is 28.1 Å². The fraction of sp³-hybridized carbons (Fsp3) is 0.355. The Hall–Kier alpha value is -3.77. The molecule has 0 aliphatic heterocycles. The van der Waals surface area contributed by atoms with Gasteiger partial charge in [0.15, 0.2) is 0 Å². The first-order valence-electron chi connectivity index (χ1n) is 13.7. The van der Waals surface area contributed by atoms with Crippen LogP contribution in [0.15, 0.2) is 72.8 Å². The Labute approximate surface area is 260 Å². The molecule has 0 fully saturated rings. The van der Waals surface area contributed by atoms with Crippen molar-refractivity contribution in [3.05, 3.63) is 94.5 Å². The highest BCUT2D eigenvalue weighted by Crippen LogP contribution is 2.36. The van der Waals surface area contributed by atoms with Crippen molar-refractivity contribution in [1.29, 1.82) is 0 Å². The Morgan fingerprint density at radius 1 is 1.00 bits per heavy atom. The number of sulfonamides is 1. The molecule has 0 aromatic heterocycles. The number of halogens is 4. The Kier molecular flexibility index (Phi) is 11.7. The molecule has 3 rings (SSSR count). The summed E-state index contributed by atoms with van der Waals surface area (Å²) in [5.74, 6) is -0.804. The maximum absolute atomic E-state index is 14.2. The second-order valence-electron chi connectivity index (χ2n) is 10.3. The number of nitrogens with one attached hydrogen (secondary N) is 1. The molecule has 238 valence electrons. The van der Waals surface area contributed by atoms with Gasteiger partial charge < -0.3 is 15.0 Å². The van der Waals surface area contributed by atoms with E-state index < -0.39 is 51.9 Å². The second-order valence-corrected chi connectivity index (χ2v) is 12.6. The molecule has 8 nitrogen and oxygen atoms in total. The highest BCUT2D eigenvalue weighted by atomic mass is 35.5. The number of nitrogens with zero attached hydrogens (tertiary/aromatic N) is 2. The molecule has 0 heterocycles. The maximum atomic E-state index is 14.2. The summed E-state index contributed by atoms with van der Waals surface area (Å²) in [7, 11) is -2.85. The van der Waals surface area contributed by atoms with Crippen molar-refractivity contribution in [3.63, 3.8) is 0 Å². The number of methoxy groups -OCH3 is 1. The van der Waals surface area contributed by atoms with Crippen LogP contribution in [0.5, 0.6) is 5.75 Å². The fourth-order valence-corrected chi connectivity index (χ4v) is 5.56. The standard InChI is InChI=1S/C31H35ClF3N3O5S/c1-5-21(2)36-30(40)28(17-22-10-7-6-8-11-22)37(19-23-12-9-13-25(16-23)43-3)29(39)20-38(44(4,41)42)27-18-24(31(33,34)35)14-15-26(27)32/h6-16,18,21,28H,5,17,19-20H2,1-4H3,(H,36,40)/t21-,28-/m0/s1. The van der Waals surface area contributed by atoms with E-state index in [1.807, 2.05) is 13.8 Å². The lowest BCUT2D eigenvalue weighted by Crippen LogP contribution is -2.54. The third-order valence-corrected chi connectivity index (χ3v) is 8.43. The molecule has 0 aliphatic carbocycles. The number of carbonyl (C=O) groups excluding carboxylic acids is 2. The Balaban J connectivity index is 2.13. The molecule has 3 aromatic carbocycles. The zero-order chi connectivity index (χ0) is 32.7. The van der Waals surface area contributed by atoms with Crippen LogP contribution in [0, 0.1) is 0 Å². The highest BCUT2D eigenvalue weighted by Gasteiger charge is 2.36. The van der Waals surface area contributed by atoms with E-state index in [0.717, 1.165) is 24.0 Å². The van der Waals surface area contributed by atoms with Gasteiger partial charge in [0.2, 0.25) is 21.8 Å². The van der Waals surface area contributed by atoms with Crippen LogP contribution < -0.4 is 14.4 Å². The van der Waals surface area contributed by atoms with Crippen molar-refractivity contribution < 1.29 is 35.9 Å². The summed E-state index contributed by atoms with van der Waals surface area (Å²) in [5.41, 5.74) is -0.334. The van der Waals surface area contributed by atoms with Crippen molar-refractivity contribution in [2.75, 3.05) is 24.2 Å². The van der Waals surface area contributed by atoms with Gasteiger partial charge in [0.25, 0.3) is 0 Å². The molecular formula is C31H35ClF3N3O5S. The van der Waals surface area contributed by atoms with E-state index in [-0.39, 0.29) is 24.0 Å². The lowest BCUT2D eigenvalue weighted by molar-refractivity contribution is -0.140. The molecule has 3 aromatic rings. The summed E-state index contributed by atoms with van der Waals surface area (Å²) in [6.45, 7) is 2.66. The molecule has 0 radical (unpaired) electrons. The van der Waals surface area contributed by atoms with E-state index in [1.165, 1.54) is 12.0 Å². The topological polar surface area (TPSA) is 96.0 Å². The largest absolute Gasteiger partial charge is 0.497 e. The molecule has 2 amide bonds. The summed E-state index contributed by atoms with van der Waals surface area (Å²) in [6, 6.07) is 16.6. The van der Waals surface area contributed by atoms with Crippen LogP contribution in [-0.2, 0) is 38.8 Å². The van der Waals surface area contributed by atoms with E-state index in [2.05, 4.69) is 5.32 Å². The molecule has 0 unspecified atom stereocenters. The summed E-state index contributed by atoms with van der Waals surface area (Å²) in [4.78, 5) is 29.1. The first-order valence-corrected chi connectivity index (χ1v) is 16.0. The van der Waals surface area contributed by atoms with E-state index in [9.17, 15) is 31.2 Å². The number of hydrogen-bond donors (Lipinski definition) is 1. The second kappa shape index (κ2) is 14.8. The smallest absolute Gasteiger partial charge is 0.416 e. The van der Waals surface area contributed by atoms with Gasteiger partial charge in [0.1, 0.15) is 18.3 Å². The molecule has 0 saturated carbocycles. The molecule has 1 N–H and O–H groups in total. The molecule has 0 aliphatic rings. The summed E-state index contributed by atoms with van der Waals surface area (Å²) >= 11 is 6.19. The van der Waals surface area contributed by atoms with Gasteiger partial charge in [-0.05, 0) is 54.8 Å². The van der Waals surface area contributed by atoms with Crippen LogP contribution in [0.4, 0.5) is 18.9 Å². The van der Waals surface area contributed by atoms with Gasteiger partial charge in [0, 0.05) is 19.0 Å². The zero-order valence-corrected chi connectivity index (χ0v) is 26.3. The van der Waals surface area contributed by atoms with Crippen molar-refractivity contribution >= 4 is 39.1 Å². The normalized spacial score (nSPS) is 13.1. The molecule has 44 heavy (non-hydrogen) atoms. The minimum absolute atomic E-state index is 0.0853. The minimum atomic E-state index is -4.79. The van der Waals surface area contributed by atoms with Gasteiger partial charge in [-0.3, -0.25) is 13.9 Å². The Bertz CT molecular complexity index is 1550. The van der Waals surface area contributed by atoms with Gasteiger partial charge >= 0.3 is 6.18 Å². The van der Waals surface area contributed by atoms with Crippen LogP contribution >= 0.6 is 11.6 Å². The van der Waals surface area contributed by atoms with Crippen molar-refractivity contribution in [1.82, 2.24) is 10.2 Å². The number of carbonyl (C=O) groups is 2. The number of ether oxygens (including phenoxy) is 1. The van der Waals surface area contributed by atoms with E-state index in [4.69, 9.17) is 16.3 Å². The van der Waals surface area contributed by atoms with Crippen LogP contribution in [0.2, 0.25) is 5.02 Å². The number of benzene rings is 3. The maximum Gasteiger partial charge on any atom is 0.416 e. The molecule has 13 heteroatoms. The molecule has 0 saturated heterocycles. The molecule has 2 atom stereocenters. The SMILES string of the molecule is CC[C@H](C)NC(=O)[C@H](Cc1ccccc1)N(Cc1cccc(OC)c1)C(=O)CN(c1cc(C(F)(F)F)ccc1Cl)S(C)(=O)=O. The van der Waals surface area contributed by atoms with Crippen LogP contribution in [-0.4, -0.2) is 57.1 Å². The van der Waals surface area contributed by atoms with Gasteiger partial charge in [-0.15, -0.1) is 0 Å². The van der Waals surface area contributed by atoms with E-state index in [1.54, 1.807) is 54.6 Å². The summed E-state index contributed by atoms with van der Waals surface area (Å²) < 4.78 is 72.4. The number of anilines is 1. The fourth-order valence-electron chi connectivity index (χ4n) is 4.44. The van der Waals surface area contributed by atoms with Gasteiger partial charge in [0.05, 0.1) is 29.6 Å². The Morgan fingerprint density at radius 3 is 2.25 bits per heavy atom. The van der Waals surface area contributed by atoms with Crippen molar-refractivity contribution in [2.45, 2.75) is 51.5 Å². The summed E-state index contributed by atoms with van der Waals surface area (Å²) in [5, 5.41) is 2.61. The van der Waals surface area contributed by atoms with Crippen molar-refractivity contribution in [2.24, 2.45) is 0 Å². The van der Waals surface area contributed by atoms with Crippen molar-refractivity contribution in [3.8, 4) is 5.75 Å². The number of rotatable bonds is 13. The Morgan fingerprint density at radius 2 is 1.66 bits per heavy atom. The zero-order valence-electron chi connectivity index (χ0n) is 24.8. The van der Waals surface area contributed by atoms with Crippen LogP contribution in [0.1, 0.15) is 37.0 Å². The third-order valence-electron chi connectivity index (χ3n) is 6.98. The minimum Gasteiger partial charge on any atom is -0.497 e. The number of alkyl halides is 3. The number of amides is 2. The van der Waals surface area contributed by atoms with Crippen LogP contribution in [0.3, 0.4) is 0 Å². The van der Waals surface area contributed by atoms with Crippen LogP contribution in [0.25, 0.3) is 0 Å². The predicted molar refractivity (Wildman–Crippen MR) is 164 cm³/mol. The quantitative estimate of drug-likeness (QED) is 0.256. The van der Waals surface area contributed by atoms with Gasteiger partial charge in [-0.2, -0.15) is 13.2 Å². The molecule has 0 spiro atoms. The molecule has 0 bridgehead atoms. The number of hydrogen-bond acceptors (Lipinski definition) is 5. The molecular weight excluding hydrogens is 619 g/mol. The summed E-state index contributed by atoms with van der Waals surface area (Å²) in [6.07, 6.45) is -3.33. The lowest BCUT2D eigenvalue weighted by Gasteiger charge is -2.34. The first kappa shape index (κ1) is 34.7. The monoisotopic (exact) mass is 653 g/mol. The highest BCUT2D eigenvalue weighted by molar-refractivity contribution is 7.92. The van der Waals surface area contributed by atoms with Gasteiger partial charge in [-0.1, -0.05) is 61.0 Å².